The minimum absolute atomic E-state index is 0.0926. The Morgan fingerprint density at radius 2 is 1.81 bits per heavy atom. The first-order chi connectivity index (χ1) is 14.8. The molecule has 156 valence electrons. The predicted molar refractivity (Wildman–Crippen MR) is 109 cm³/mol. The molecular formula is C19H11FN4O6S. The molecule has 1 amide bonds. The number of nitro benzene ring substituents is 2. The smallest absolute Gasteiger partial charge is 0.277 e. The molecule has 12 heteroatoms. The number of nitro groups is 2. The Morgan fingerprint density at radius 1 is 1.10 bits per heavy atom. The third kappa shape index (κ3) is 4.09. The average Bonchev–Trinajstić information content (AvgIpc) is 3.40. The van der Waals surface area contributed by atoms with Crippen LogP contribution in [0.4, 0.5) is 20.9 Å². The molecule has 31 heavy (non-hydrogen) atoms. The lowest BCUT2D eigenvalue weighted by molar-refractivity contribution is -0.394. The van der Waals surface area contributed by atoms with E-state index in [1.54, 1.807) is 12.1 Å². The molecule has 0 fully saturated rings. The molecule has 2 aromatic carbocycles. The first kappa shape index (κ1) is 20.1. The molecule has 10 nitrogen and oxygen atoms in total. The van der Waals surface area contributed by atoms with Crippen LogP contribution >= 0.6 is 11.3 Å². The number of carbonyl (C=O) groups is 1. The number of anilines is 1. The summed E-state index contributed by atoms with van der Waals surface area (Å²) in [7, 11) is 0. The van der Waals surface area contributed by atoms with Crippen LogP contribution in [0.5, 0.6) is 0 Å². The van der Waals surface area contributed by atoms with Gasteiger partial charge in [0, 0.05) is 12.1 Å². The van der Waals surface area contributed by atoms with Crippen molar-refractivity contribution in [3.05, 3.63) is 92.2 Å². The highest BCUT2D eigenvalue weighted by molar-refractivity contribution is 7.22. The number of amides is 1. The van der Waals surface area contributed by atoms with Crippen molar-refractivity contribution in [2.75, 3.05) is 4.90 Å². The third-order valence-electron chi connectivity index (χ3n) is 4.28. The largest absolute Gasteiger partial charge is 0.467 e. The number of fused-ring (bicyclic) bond motifs is 1. The summed E-state index contributed by atoms with van der Waals surface area (Å²) in [6, 6.07) is 9.87. The lowest BCUT2D eigenvalue weighted by Gasteiger charge is -2.18. The molecule has 0 aliphatic heterocycles. The summed E-state index contributed by atoms with van der Waals surface area (Å²) < 4.78 is 19.4. The van der Waals surface area contributed by atoms with Crippen LogP contribution in [0.3, 0.4) is 0 Å². The molecule has 2 aromatic heterocycles. The molecule has 4 aromatic rings. The highest BCUT2D eigenvalue weighted by atomic mass is 32.1. The number of furan rings is 1. The Kier molecular flexibility index (Phi) is 5.13. The number of halogens is 1. The van der Waals surface area contributed by atoms with Crippen molar-refractivity contribution in [1.29, 1.82) is 0 Å². The quantitative estimate of drug-likeness (QED) is 0.312. The number of nitrogens with zero attached hydrogens (tertiary/aromatic N) is 4. The second-order valence-corrected chi connectivity index (χ2v) is 7.34. The fraction of sp³-hybridized carbons (Fsp3) is 0.0526. The van der Waals surface area contributed by atoms with Gasteiger partial charge in [-0.1, -0.05) is 11.3 Å². The summed E-state index contributed by atoms with van der Waals surface area (Å²) in [6.07, 6.45) is 1.41. The number of non-ortho nitro benzene ring substituents is 2. The van der Waals surface area contributed by atoms with Crippen LogP contribution in [0.15, 0.2) is 59.2 Å². The van der Waals surface area contributed by atoms with Gasteiger partial charge >= 0.3 is 0 Å². The van der Waals surface area contributed by atoms with E-state index in [4.69, 9.17) is 4.42 Å². The number of benzene rings is 2. The Labute approximate surface area is 176 Å². The van der Waals surface area contributed by atoms with E-state index in [9.17, 15) is 29.4 Å². The van der Waals surface area contributed by atoms with Gasteiger partial charge in [-0.05, 0) is 30.3 Å². The van der Waals surface area contributed by atoms with E-state index in [0.717, 1.165) is 29.5 Å². The van der Waals surface area contributed by atoms with Crippen molar-refractivity contribution in [2.24, 2.45) is 0 Å². The molecule has 0 aliphatic carbocycles. The Bertz CT molecular complexity index is 1290. The number of hydrogen-bond donors (Lipinski definition) is 0. The summed E-state index contributed by atoms with van der Waals surface area (Å²) in [4.78, 5) is 39.6. The number of rotatable bonds is 6. The SMILES string of the molecule is O=C(c1cc([N+](=O)[O-])cc([N+](=O)[O-])c1)N(Cc1ccco1)c1nc2ccc(F)cc2s1. The van der Waals surface area contributed by atoms with Crippen molar-refractivity contribution in [2.45, 2.75) is 6.54 Å². The molecule has 4 rings (SSSR count). The minimum Gasteiger partial charge on any atom is -0.467 e. The number of hydrogen-bond acceptors (Lipinski definition) is 8. The maximum Gasteiger partial charge on any atom is 0.277 e. The molecule has 0 atom stereocenters. The summed E-state index contributed by atoms with van der Waals surface area (Å²) in [5.41, 5.74) is -1.01. The molecular weight excluding hydrogens is 431 g/mol. The van der Waals surface area contributed by atoms with Gasteiger partial charge in [-0.3, -0.25) is 29.9 Å². The van der Waals surface area contributed by atoms with Crippen molar-refractivity contribution >= 4 is 44.0 Å². The Balaban J connectivity index is 1.82. The van der Waals surface area contributed by atoms with Crippen LogP contribution in [0.2, 0.25) is 0 Å². The fourth-order valence-electron chi connectivity index (χ4n) is 2.87. The van der Waals surface area contributed by atoms with Gasteiger partial charge in [0.25, 0.3) is 17.3 Å². The van der Waals surface area contributed by atoms with Gasteiger partial charge in [0.2, 0.25) is 0 Å². The zero-order valence-corrected chi connectivity index (χ0v) is 16.2. The standard InChI is InChI=1S/C19H11FN4O6S/c20-12-3-4-16-17(8-12)31-19(21-16)22(10-15-2-1-5-30-15)18(25)11-6-13(23(26)27)9-14(7-11)24(28)29/h1-9H,10H2. The second-order valence-electron chi connectivity index (χ2n) is 6.33. The van der Waals surface area contributed by atoms with Crippen LogP contribution in [0, 0.1) is 26.0 Å². The minimum atomic E-state index is -0.818. The highest BCUT2D eigenvalue weighted by Gasteiger charge is 2.27. The summed E-state index contributed by atoms with van der Waals surface area (Å²) >= 11 is 1.03. The third-order valence-corrected chi connectivity index (χ3v) is 5.32. The maximum atomic E-state index is 13.6. The molecule has 0 bridgehead atoms. The van der Waals surface area contributed by atoms with E-state index < -0.39 is 32.9 Å². The van der Waals surface area contributed by atoms with E-state index >= 15 is 0 Å². The molecule has 0 aliphatic rings. The first-order valence-corrected chi connectivity index (χ1v) is 9.47. The molecule has 0 radical (unpaired) electrons. The zero-order chi connectivity index (χ0) is 22.1. The van der Waals surface area contributed by atoms with Crippen LogP contribution < -0.4 is 4.90 Å². The maximum absolute atomic E-state index is 13.6. The van der Waals surface area contributed by atoms with Gasteiger partial charge in [0.15, 0.2) is 5.13 Å². The van der Waals surface area contributed by atoms with Crippen molar-refractivity contribution in [3.63, 3.8) is 0 Å². The fourth-order valence-corrected chi connectivity index (χ4v) is 3.86. The summed E-state index contributed by atoms with van der Waals surface area (Å²) in [5, 5.41) is 22.6. The van der Waals surface area contributed by atoms with Gasteiger partial charge in [0.05, 0.1) is 44.5 Å². The second kappa shape index (κ2) is 7.91. The van der Waals surface area contributed by atoms with E-state index in [1.807, 2.05) is 0 Å². The van der Waals surface area contributed by atoms with Crippen molar-refractivity contribution < 1.29 is 23.4 Å². The molecule has 0 unspecified atom stereocenters. The number of carbonyl (C=O) groups excluding carboxylic acids is 1. The predicted octanol–water partition coefficient (Wildman–Crippen LogP) is 4.69. The average molecular weight is 442 g/mol. The van der Waals surface area contributed by atoms with E-state index in [2.05, 4.69) is 4.98 Å². The lowest BCUT2D eigenvalue weighted by Crippen LogP contribution is -2.30. The van der Waals surface area contributed by atoms with Gasteiger partial charge in [-0.25, -0.2) is 9.37 Å². The van der Waals surface area contributed by atoms with Gasteiger partial charge in [-0.2, -0.15) is 0 Å². The number of aromatic nitrogens is 1. The topological polar surface area (TPSA) is 133 Å². The highest BCUT2D eigenvalue weighted by Crippen LogP contribution is 2.32. The number of thiazole rings is 1. The zero-order valence-electron chi connectivity index (χ0n) is 15.4. The van der Waals surface area contributed by atoms with Crippen molar-refractivity contribution in [1.82, 2.24) is 4.98 Å². The van der Waals surface area contributed by atoms with E-state index in [1.165, 1.54) is 29.4 Å². The van der Waals surface area contributed by atoms with Crippen LogP contribution in [0.25, 0.3) is 10.2 Å². The normalized spacial score (nSPS) is 10.9. The van der Waals surface area contributed by atoms with Crippen LogP contribution in [-0.4, -0.2) is 20.7 Å². The van der Waals surface area contributed by atoms with Crippen LogP contribution in [-0.2, 0) is 6.54 Å². The monoisotopic (exact) mass is 442 g/mol. The first-order valence-electron chi connectivity index (χ1n) is 8.66. The van der Waals surface area contributed by atoms with E-state index in [0.29, 0.717) is 16.0 Å². The Hall–Kier alpha value is -4.19. The molecule has 2 heterocycles. The Morgan fingerprint density at radius 3 is 2.42 bits per heavy atom. The van der Waals surface area contributed by atoms with Crippen molar-refractivity contribution in [3.8, 4) is 0 Å². The lowest BCUT2D eigenvalue weighted by atomic mass is 10.1. The summed E-state index contributed by atoms with van der Waals surface area (Å²) in [5.74, 6) is -0.845. The molecule has 0 spiro atoms. The van der Waals surface area contributed by atoms with E-state index in [-0.39, 0.29) is 17.2 Å². The molecule has 0 saturated heterocycles. The summed E-state index contributed by atoms with van der Waals surface area (Å²) in [6.45, 7) is -0.0926. The van der Waals surface area contributed by atoms with Gasteiger partial charge in [0.1, 0.15) is 11.6 Å². The molecule has 0 N–H and O–H groups in total. The van der Waals surface area contributed by atoms with Gasteiger partial charge in [-0.15, -0.1) is 0 Å². The van der Waals surface area contributed by atoms with Crippen LogP contribution in [0.1, 0.15) is 16.1 Å². The van der Waals surface area contributed by atoms with Gasteiger partial charge < -0.3 is 4.42 Å². The molecule has 0 saturated carbocycles.